The fraction of sp³-hybridized carbons (Fsp3) is 0.143. The fourth-order valence-corrected chi connectivity index (χ4v) is 1.03. The van der Waals surface area contributed by atoms with Gasteiger partial charge in [-0.3, -0.25) is 11.3 Å². The summed E-state index contributed by atoms with van der Waals surface area (Å²) in [5.74, 6) is 4.69. The number of nitrogens with one attached hydrogen (secondary N) is 1. The first-order chi connectivity index (χ1) is 5.25. The van der Waals surface area contributed by atoms with Crippen molar-refractivity contribution in [3.8, 4) is 0 Å². The Morgan fingerprint density at radius 2 is 2.17 bits per heavy atom. The van der Waals surface area contributed by atoms with Crippen LogP contribution >= 0.6 is 11.6 Å². The highest BCUT2D eigenvalue weighted by molar-refractivity contribution is 6.31. The van der Waals surface area contributed by atoms with Gasteiger partial charge in [0.1, 0.15) is 5.82 Å². The number of halogens is 3. The second-order valence-corrected chi connectivity index (χ2v) is 2.49. The van der Waals surface area contributed by atoms with Crippen molar-refractivity contribution in [3.63, 3.8) is 0 Å². The van der Waals surface area contributed by atoms with Gasteiger partial charge < -0.3 is 12.4 Å². The molecule has 0 aliphatic rings. The summed E-state index contributed by atoms with van der Waals surface area (Å²) in [6.45, 7) is 0.242. The number of rotatable bonds is 2. The molecule has 0 aliphatic heterocycles. The molecule has 0 bridgehead atoms. The van der Waals surface area contributed by atoms with Crippen LogP contribution in [0.5, 0.6) is 0 Å². The van der Waals surface area contributed by atoms with Gasteiger partial charge in [0.25, 0.3) is 0 Å². The molecule has 0 radical (unpaired) electrons. The van der Waals surface area contributed by atoms with Gasteiger partial charge in [-0.25, -0.2) is 4.39 Å². The summed E-state index contributed by atoms with van der Waals surface area (Å²) < 4.78 is 12.9. The lowest BCUT2D eigenvalue weighted by atomic mass is 10.2. The normalized spacial score (nSPS) is 9.25. The number of hydrogen-bond donors (Lipinski definition) is 2. The monoisotopic (exact) mass is 209 g/mol. The van der Waals surface area contributed by atoms with Crippen LogP contribution in [0.3, 0.4) is 0 Å². The molecule has 3 N–H and O–H groups in total. The van der Waals surface area contributed by atoms with Crippen molar-refractivity contribution in [3.05, 3.63) is 34.6 Å². The highest BCUT2D eigenvalue weighted by atomic mass is 35.5. The van der Waals surface area contributed by atoms with Crippen molar-refractivity contribution in [1.82, 2.24) is 5.43 Å². The Kier molecular flexibility index (Phi) is 5.17. The summed E-state index contributed by atoms with van der Waals surface area (Å²) in [7, 11) is 0. The topological polar surface area (TPSA) is 38.0 Å². The minimum atomic E-state index is -0.338. The lowest BCUT2D eigenvalue weighted by molar-refractivity contribution is -0.00000285. The molecule has 68 valence electrons. The van der Waals surface area contributed by atoms with Crippen LogP contribution in [0.15, 0.2) is 18.2 Å². The average Bonchev–Trinajstić information content (AvgIpc) is 1.97. The molecule has 1 rings (SSSR count). The Bertz CT molecular complexity index is 235. The second kappa shape index (κ2) is 5.32. The molecule has 0 aromatic heterocycles. The number of nitrogens with two attached hydrogens (primary N) is 1. The Labute approximate surface area is 81.3 Å². The highest BCUT2D eigenvalue weighted by Crippen LogP contribution is 2.17. The van der Waals surface area contributed by atoms with E-state index < -0.39 is 0 Å². The maximum atomic E-state index is 12.9. The molecular formula is C7H8Cl2FN2-. The molecule has 0 saturated heterocycles. The van der Waals surface area contributed by atoms with E-state index in [9.17, 15) is 4.39 Å². The van der Waals surface area contributed by atoms with Crippen LogP contribution < -0.4 is 23.7 Å². The summed E-state index contributed by atoms with van der Waals surface area (Å²) >= 11 is 5.67. The van der Waals surface area contributed by atoms with E-state index in [2.05, 4.69) is 5.43 Å². The number of hydrazine groups is 1. The summed E-state index contributed by atoms with van der Waals surface area (Å²) in [4.78, 5) is 0. The van der Waals surface area contributed by atoms with E-state index in [1.165, 1.54) is 6.07 Å². The molecule has 0 unspecified atom stereocenters. The zero-order valence-corrected chi connectivity index (χ0v) is 7.66. The van der Waals surface area contributed by atoms with E-state index in [-0.39, 0.29) is 24.8 Å². The predicted octanol–water partition coefficient (Wildman–Crippen LogP) is -1.55. The zero-order chi connectivity index (χ0) is 8.27. The Morgan fingerprint density at radius 3 is 2.67 bits per heavy atom. The lowest BCUT2D eigenvalue weighted by Gasteiger charge is -2.03. The molecule has 12 heavy (non-hydrogen) atoms. The van der Waals surface area contributed by atoms with Crippen LogP contribution in [0, 0.1) is 5.82 Å². The molecule has 0 spiro atoms. The molecule has 0 atom stereocenters. The van der Waals surface area contributed by atoms with Gasteiger partial charge in [0.15, 0.2) is 0 Å². The molecular weight excluding hydrogens is 202 g/mol. The van der Waals surface area contributed by atoms with Crippen LogP contribution in [0.1, 0.15) is 5.56 Å². The summed E-state index contributed by atoms with van der Waals surface area (Å²) in [6.07, 6.45) is 0. The van der Waals surface area contributed by atoms with Crippen LogP contribution in [0.2, 0.25) is 5.02 Å². The lowest BCUT2D eigenvalue weighted by Crippen LogP contribution is -3.00. The summed E-state index contributed by atoms with van der Waals surface area (Å²) in [6, 6.07) is 4.52. The van der Waals surface area contributed by atoms with Gasteiger partial charge in [-0.15, -0.1) is 0 Å². The van der Waals surface area contributed by atoms with Gasteiger partial charge >= 0.3 is 0 Å². The number of hydrogen-bond acceptors (Lipinski definition) is 2. The highest BCUT2D eigenvalue weighted by Gasteiger charge is 2.04. The average molecular weight is 210 g/mol. The van der Waals surface area contributed by atoms with Crippen molar-refractivity contribution >= 4 is 11.6 Å². The van der Waals surface area contributed by atoms with Gasteiger partial charge in [0.05, 0.1) is 0 Å². The molecule has 0 saturated carbocycles. The third-order valence-electron chi connectivity index (χ3n) is 1.34. The van der Waals surface area contributed by atoms with E-state index in [1.807, 2.05) is 0 Å². The van der Waals surface area contributed by atoms with Crippen molar-refractivity contribution in [2.45, 2.75) is 6.54 Å². The van der Waals surface area contributed by atoms with Gasteiger partial charge in [0.2, 0.25) is 0 Å². The molecule has 2 nitrogen and oxygen atoms in total. The van der Waals surface area contributed by atoms with Gasteiger partial charge in [0, 0.05) is 17.1 Å². The molecule has 5 heteroatoms. The van der Waals surface area contributed by atoms with Crippen molar-refractivity contribution in [1.29, 1.82) is 0 Å². The van der Waals surface area contributed by atoms with Crippen molar-refractivity contribution < 1.29 is 16.8 Å². The van der Waals surface area contributed by atoms with Gasteiger partial charge in [-0.05, 0) is 12.1 Å². The Morgan fingerprint density at radius 1 is 1.50 bits per heavy atom. The third kappa shape index (κ3) is 2.60. The predicted molar refractivity (Wildman–Crippen MR) is 42.4 cm³/mol. The fourth-order valence-electron chi connectivity index (χ4n) is 0.803. The van der Waals surface area contributed by atoms with Crippen LogP contribution in [-0.2, 0) is 6.54 Å². The van der Waals surface area contributed by atoms with E-state index in [0.29, 0.717) is 10.6 Å². The van der Waals surface area contributed by atoms with Gasteiger partial charge in [-0.2, -0.15) is 0 Å². The first-order valence-corrected chi connectivity index (χ1v) is 3.50. The Hall–Kier alpha value is -0.350. The minimum Gasteiger partial charge on any atom is -1.00 e. The van der Waals surface area contributed by atoms with Crippen molar-refractivity contribution in [2.24, 2.45) is 5.84 Å². The van der Waals surface area contributed by atoms with E-state index in [1.54, 1.807) is 12.1 Å². The maximum Gasteiger partial charge on any atom is 0.129 e. The van der Waals surface area contributed by atoms with E-state index in [4.69, 9.17) is 17.4 Å². The molecule has 1 aromatic rings. The van der Waals surface area contributed by atoms with Crippen molar-refractivity contribution in [2.75, 3.05) is 0 Å². The minimum absolute atomic E-state index is 0. The van der Waals surface area contributed by atoms with E-state index in [0.717, 1.165) is 0 Å². The first-order valence-electron chi connectivity index (χ1n) is 3.12. The van der Waals surface area contributed by atoms with Gasteiger partial charge in [-0.1, -0.05) is 17.7 Å². The SMILES string of the molecule is NNCc1c(F)cccc1Cl.[Cl-]. The second-order valence-electron chi connectivity index (χ2n) is 2.08. The largest absolute Gasteiger partial charge is 1.00 e. The van der Waals surface area contributed by atoms with Crippen LogP contribution in [0.4, 0.5) is 4.39 Å². The van der Waals surface area contributed by atoms with Crippen LogP contribution in [-0.4, -0.2) is 0 Å². The molecule has 1 aromatic carbocycles. The number of benzene rings is 1. The molecule has 0 amide bonds. The smallest absolute Gasteiger partial charge is 0.129 e. The Balaban J connectivity index is 0.00000121. The quantitative estimate of drug-likeness (QED) is 0.458. The van der Waals surface area contributed by atoms with E-state index >= 15 is 0 Å². The summed E-state index contributed by atoms with van der Waals surface area (Å²) in [5, 5.41) is 0.392. The maximum absolute atomic E-state index is 12.9. The third-order valence-corrected chi connectivity index (χ3v) is 1.69. The molecule has 0 fully saturated rings. The molecule has 0 heterocycles. The molecule has 0 aliphatic carbocycles. The zero-order valence-electron chi connectivity index (χ0n) is 6.15. The first kappa shape index (κ1) is 11.6. The van der Waals surface area contributed by atoms with Crippen LogP contribution in [0.25, 0.3) is 0 Å². The summed E-state index contributed by atoms with van der Waals surface area (Å²) in [5.41, 5.74) is 2.74. The standard InChI is InChI=1S/C7H8ClFN2.ClH/c8-6-2-1-3-7(9)5(6)4-11-10;/h1-3,11H,4,10H2;1H/p-1.